The minimum atomic E-state index is -0.682. The zero-order valence-electron chi connectivity index (χ0n) is 17.9. The number of rotatable bonds is 8. The number of nitrogens with two attached hydrogens (primary N) is 1. The molecule has 2 amide bonds. The van der Waals surface area contributed by atoms with Crippen LogP contribution >= 0.6 is 11.3 Å². The molecule has 0 atom stereocenters. The summed E-state index contributed by atoms with van der Waals surface area (Å²) in [5, 5.41) is 2.52. The highest BCUT2D eigenvalue weighted by molar-refractivity contribution is 7.13. The number of esters is 1. The van der Waals surface area contributed by atoms with E-state index in [0.29, 0.717) is 22.3 Å². The number of carbonyl (C=O) groups is 3. The van der Waals surface area contributed by atoms with E-state index in [9.17, 15) is 18.8 Å². The SMILES string of the molecule is NC(=O)CCN(C(=O)COC(=O)c1cc(-c2cccs2)nc2ccccc12)c1ccc(F)cc1. The summed E-state index contributed by atoms with van der Waals surface area (Å²) in [6, 6.07) is 17.8. The van der Waals surface area contributed by atoms with Crippen molar-refractivity contribution < 1.29 is 23.5 Å². The van der Waals surface area contributed by atoms with Crippen LogP contribution in [0.15, 0.2) is 72.1 Å². The predicted octanol–water partition coefficient (Wildman–Crippen LogP) is 4.17. The van der Waals surface area contributed by atoms with Crippen molar-refractivity contribution in [3.63, 3.8) is 0 Å². The number of ether oxygens (including phenoxy) is 1. The van der Waals surface area contributed by atoms with Crippen LogP contribution < -0.4 is 10.6 Å². The molecule has 0 spiro atoms. The number of primary amides is 1. The lowest BCUT2D eigenvalue weighted by Crippen LogP contribution is -2.37. The quantitative estimate of drug-likeness (QED) is 0.384. The van der Waals surface area contributed by atoms with Crippen LogP contribution in [0.5, 0.6) is 0 Å². The molecule has 0 radical (unpaired) electrons. The molecule has 0 fully saturated rings. The van der Waals surface area contributed by atoms with Gasteiger partial charge in [-0.1, -0.05) is 24.3 Å². The Morgan fingerprint density at radius 2 is 1.79 bits per heavy atom. The molecule has 2 aromatic heterocycles. The van der Waals surface area contributed by atoms with Crippen LogP contribution in [0.2, 0.25) is 0 Å². The van der Waals surface area contributed by atoms with E-state index in [1.54, 1.807) is 24.3 Å². The lowest BCUT2D eigenvalue weighted by atomic mass is 10.1. The fourth-order valence-electron chi connectivity index (χ4n) is 3.42. The van der Waals surface area contributed by atoms with E-state index in [0.717, 1.165) is 4.88 Å². The average molecular weight is 478 g/mol. The van der Waals surface area contributed by atoms with E-state index in [4.69, 9.17) is 10.5 Å². The Morgan fingerprint density at radius 1 is 1.03 bits per heavy atom. The maximum atomic E-state index is 13.3. The maximum Gasteiger partial charge on any atom is 0.339 e. The van der Waals surface area contributed by atoms with E-state index in [-0.39, 0.29) is 18.5 Å². The van der Waals surface area contributed by atoms with E-state index in [1.807, 2.05) is 23.6 Å². The number of aromatic nitrogens is 1. The van der Waals surface area contributed by atoms with Crippen LogP contribution in [0.4, 0.5) is 10.1 Å². The number of carbonyl (C=O) groups excluding carboxylic acids is 3. The third kappa shape index (κ3) is 5.26. The Labute approximate surface area is 198 Å². The van der Waals surface area contributed by atoms with Crippen LogP contribution in [0.25, 0.3) is 21.5 Å². The molecule has 0 aliphatic carbocycles. The van der Waals surface area contributed by atoms with Gasteiger partial charge in [-0.15, -0.1) is 11.3 Å². The second-order valence-corrected chi connectivity index (χ2v) is 8.31. The lowest BCUT2D eigenvalue weighted by Gasteiger charge is -2.22. The normalized spacial score (nSPS) is 10.7. The summed E-state index contributed by atoms with van der Waals surface area (Å²) in [6.07, 6.45) is -0.101. The van der Waals surface area contributed by atoms with E-state index >= 15 is 0 Å². The average Bonchev–Trinajstić information content (AvgIpc) is 3.38. The molecule has 172 valence electrons. The number of anilines is 1. The van der Waals surface area contributed by atoms with Gasteiger partial charge < -0.3 is 15.4 Å². The van der Waals surface area contributed by atoms with Crippen molar-refractivity contribution >= 4 is 45.7 Å². The molecule has 2 heterocycles. The Balaban J connectivity index is 1.56. The number of benzene rings is 2. The highest BCUT2D eigenvalue weighted by atomic mass is 32.1. The summed E-state index contributed by atoms with van der Waals surface area (Å²) in [4.78, 5) is 43.9. The molecule has 2 N–H and O–H groups in total. The van der Waals surface area contributed by atoms with Crippen molar-refractivity contribution in [2.45, 2.75) is 6.42 Å². The highest BCUT2D eigenvalue weighted by Gasteiger charge is 2.21. The Morgan fingerprint density at radius 3 is 2.50 bits per heavy atom. The van der Waals surface area contributed by atoms with Crippen molar-refractivity contribution in [1.82, 2.24) is 4.98 Å². The number of hydrogen-bond donors (Lipinski definition) is 1. The first-order valence-electron chi connectivity index (χ1n) is 10.4. The summed E-state index contributed by atoms with van der Waals surface area (Å²) in [7, 11) is 0. The number of para-hydroxylation sites is 1. The fourth-order valence-corrected chi connectivity index (χ4v) is 4.10. The zero-order chi connectivity index (χ0) is 24.1. The predicted molar refractivity (Wildman–Crippen MR) is 128 cm³/mol. The Bertz CT molecular complexity index is 1340. The molecule has 9 heteroatoms. The van der Waals surface area contributed by atoms with Crippen LogP contribution in [0.3, 0.4) is 0 Å². The second-order valence-electron chi connectivity index (χ2n) is 7.36. The van der Waals surface area contributed by atoms with Crippen LogP contribution in [-0.4, -0.2) is 35.9 Å². The third-order valence-corrected chi connectivity index (χ3v) is 5.95. The molecule has 0 saturated heterocycles. The van der Waals surface area contributed by atoms with Crippen molar-refractivity contribution in [1.29, 1.82) is 0 Å². The van der Waals surface area contributed by atoms with Gasteiger partial charge in [-0.05, 0) is 47.8 Å². The summed E-state index contributed by atoms with van der Waals surface area (Å²) in [5.74, 6) is -2.32. The number of amides is 2. The molecular weight excluding hydrogens is 457 g/mol. The lowest BCUT2D eigenvalue weighted by molar-refractivity contribution is -0.121. The molecule has 2 aromatic carbocycles. The monoisotopic (exact) mass is 477 g/mol. The maximum absolute atomic E-state index is 13.3. The van der Waals surface area contributed by atoms with Gasteiger partial charge in [0.15, 0.2) is 6.61 Å². The number of thiophene rings is 1. The molecule has 7 nitrogen and oxygen atoms in total. The first kappa shape index (κ1) is 23.1. The van der Waals surface area contributed by atoms with Crippen molar-refractivity contribution in [3.8, 4) is 10.6 Å². The number of fused-ring (bicyclic) bond motifs is 1. The Hall–Kier alpha value is -4.11. The summed E-state index contributed by atoms with van der Waals surface area (Å²) >= 11 is 1.49. The highest BCUT2D eigenvalue weighted by Crippen LogP contribution is 2.28. The van der Waals surface area contributed by atoms with Crippen molar-refractivity contribution in [3.05, 3.63) is 83.5 Å². The summed E-state index contributed by atoms with van der Waals surface area (Å²) in [6.45, 7) is -0.599. The van der Waals surface area contributed by atoms with E-state index < -0.39 is 30.2 Å². The van der Waals surface area contributed by atoms with Gasteiger partial charge in [-0.25, -0.2) is 14.2 Å². The van der Waals surface area contributed by atoms with Gasteiger partial charge in [0.25, 0.3) is 5.91 Å². The number of halogens is 1. The van der Waals surface area contributed by atoms with Gasteiger partial charge in [-0.2, -0.15) is 0 Å². The van der Waals surface area contributed by atoms with Gasteiger partial charge in [0, 0.05) is 24.0 Å². The number of pyridine rings is 1. The van der Waals surface area contributed by atoms with E-state index in [1.165, 1.54) is 40.5 Å². The van der Waals surface area contributed by atoms with Gasteiger partial charge in [-0.3, -0.25) is 9.59 Å². The molecule has 0 saturated carbocycles. The largest absolute Gasteiger partial charge is 0.452 e. The van der Waals surface area contributed by atoms with Gasteiger partial charge in [0.1, 0.15) is 5.82 Å². The number of nitrogens with zero attached hydrogens (tertiary/aromatic N) is 2. The van der Waals surface area contributed by atoms with Crippen molar-refractivity contribution in [2.75, 3.05) is 18.1 Å². The van der Waals surface area contributed by atoms with Crippen LogP contribution in [0.1, 0.15) is 16.8 Å². The topological polar surface area (TPSA) is 103 Å². The van der Waals surface area contributed by atoms with E-state index in [2.05, 4.69) is 4.98 Å². The van der Waals surface area contributed by atoms with Crippen LogP contribution in [0, 0.1) is 5.82 Å². The first-order valence-corrected chi connectivity index (χ1v) is 11.3. The van der Waals surface area contributed by atoms with Crippen molar-refractivity contribution in [2.24, 2.45) is 5.73 Å². The smallest absolute Gasteiger partial charge is 0.339 e. The minimum absolute atomic E-state index is 0.0297. The van der Waals surface area contributed by atoms with Gasteiger partial charge >= 0.3 is 5.97 Å². The molecule has 4 aromatic rings. The summed E-state index contributed by atoms with van der Waals surface area (Å²) in [5.41, 5.74) is 7.12. The molecular formula is C25H20FN3O4S. The number of hydrogen-bond acceptors (Lipinski definition) is 6. The molecule has 34 heavy (non-hydrogen) atoms. The molecule has 0 aliphatic heterocycles. The molecule has 0 aliphatic rings. The molecule has 4 rings (SSSR count). The Kier molecular flexibility index (Phi) is 6.93. The molecule has 0 unspecified atom stereocenters. The summed E-state index contributed by atoms with van der Waals surface area (Å²) < 4.78 is 18.7. The fraction of sp³-hybridized carbons (Fsp3) is 0.120. The minimum Gasteiger partial charge on any atom is -0.452 e. The zero-order valence-corrected chi connectivity index (χ0v) is 18.8. The van der Waals surface area contributed by atoms with Crippen LogP contribution in [-0.2, 0) is 14.3 Å². The van der Waals surface area contributed by atoms with Gasteiger partial charge in [0.05, 0.1) is 21.7 Å². The first-order chi connectivity index (χ1) is 16.4. The van der Waals surface area contributed by atoms with Gasteiger partial charge in [0.2, 0.25) is 5.91 Å². The molecule has 0 bridgehead atoms. The standard InChI is InChI=1S/C25H20FN3O4S/c26-16-7-9-17(10-8-16)29(12-11-23(27)30)24(31)15-33-25(32)19-14-21(22-6-3-13-34-22)28-20-5-2-1-4-18(19)20/h1-10,13-14H,11-12,15H2,(H2,27,30). The second kappa shape index (κ2) is 10.2. The third-order valence-electron chi connectivity index (χ3n) is 5.06.